The molecule has 1 unspecified atom stereocenters. The number of piperidine rings is 1. The number of nitrogens with one attached hydrogen (secondary N) is 1. The zero-order valence-electron chi connectivity index (χ0n) is 13.6. The first-order chi connectivity index (χ1) is 10.1. The van der Waals surface area contributed by atoms with Crippen molar-refractivity contribution in [2.24, 2.45) is 5.92 Å². The average molecular weight is 291 g/mol. The Bertz CT molecular complexity index is 446. The highest BCUT2D eigenvalue weighted by atomic mass is 15.2. The van der Waals surface area contributed by atoms with Gasteiger partial charge in [-0.2, -0.15) is 0 Å². The molecule has 2 rings (SSSR count). The van der Waals surface area contributed by atoms with Gasteiger partial charge >= 0.3 is 0 Å². The highest BCUT2D eigenvalue weighted by Gasteiger charge is 2.24. The Hall–Kier alpha value is -1.52. The summed E-state index contributed by atoms with van der Waals surface area (Å²) in [6.07, 6.45) is 7.63. The second-order valence-corrected chi connectivity index (χ2v) is 6.32. The number of hydrogen-bond acceptors (Lipinski definition) is 5. The molecule has 0 aromatic carbocycles. The van der Waals surface area contributed by atoms with Gasteiger partial charge in [-0.15, -0.1) is 0 Å². The van der Waals surface area contributed by atoms with E-state index < -0.39 is 0 Å². The lowest BCUT2D eigenvalue weighted by atomic mass is 10.00. The monoisotopic (exact) mass is 291 g/mol. The molecule has 0 saturated carbocycles. The van der Waals surface area contributed by atoms with E-state index in [-0.39, 0.29) is 0 Å². The van der Waals surface area contributed by atoms with Crippen molar-refractivity contribution in [3.63, 3.8) is 0 Å². The van der Waals surface area contributed by atoms with E-state index >= 15 is 0 Å². The lowest BCUT2D eigenvalue weighted by molar-refractivity contribution is 0.447. The van der Waals surface area contributed by atoms with Crippen LogP contribution in [0.3, 0.4) is 0 Å². The van der Waals surface area contributed by atoms with Crippen LogP contribution in [0.4, 0.5) is 17.3 Å². The highest BCUT2D eigenvalue weighted by molar-refractivity contribution is 5.75. The summed E-state index contributed by atoms with van der Waals surface area (Å²) in [6, 6.07) is 0.555. The fourth-order valence-electron chi connectivity index (χ4n) is 2.94. The Morgan fingerprint density at radius 1 is 1.38 bits per heavy atom. The Balaban J connectivity index is 2.12. The molecule has 0 radical (unpaired) electrons. The SMILES string of the molecule is CCC1CCCCN1c1ncnc(NCCC(C)C)c1N. The molecule has 1 aromatic rings. The average Bonchev–Trinajstić information content (AvgIpc) is 2.49. The van der Waals surface area contributed by atoms with E-state index in [9.17, 15) is 0 Å². The van der Waals surface area contributed by atoms with Crippen LogP contribution < -0.4 is 16.0 Å². The van der Waals surface area contributed by atoms with Gasteiger partial charge in [0.15, 0.2) is 11.6 Å². The maximum atomic E-state index is 6.32. The van der Waals surface area contributed by atoms with Crippen LogP contribution in [-0.2, 0) is 0 Å². The zero-order chi connectivity index (χ0) is 15.2. The molecule has 0 bridgehead atoms. The first kappa shape index (κ1) is 15.9. The second-order valence-electron chi connectivity index (χ2n) is 6.32. The van der Waals surface area contributed by atoms with Crippen molar-refractivity contribution in [3.05, 3.63) is 6.33 Å². The molecular formula is C16H29N5. The molecule has 3 N–H and O–H groups in total. The van der Waals surface area contributed by atoms with Gasteiger partial charge in [-0.05, 0) is 38.0 Å². The van der Waals surface area contributed by atoms with Gasteiger partial charge in [-0.1, -0.05) is 20.8 Å². The first-order valence-corrected chi connectivity index (χ1v) is 8.24. The Kier molecular flexibility index (Phi) is 5.65. The van der Waals surface area contributed by atoms with Crippen molar-refractivity contribution < 1.29 is 0 Å². The van der Waals surface area contributed by atoms with E-state index in [0.717, 1.165) is 37.6 Å². The molecule has 1 atom stereocenters. The van der Waals surface area contributed by atoms with E-state index in [1.54, 1.807) is 6.33 Å². The standard InChI is InChI=1S/C16H29N5/c1-4-13-7-5-6-10-21(13)16-14(17)15(19-11-20-16)18-9-8-12(2)3/h11-13H,4-10,17H2,1-3H3,(H,18,19,20). The minimum atomic E-state index is 0.555. The fourth-order valence-corrected chi connectivity index (χ4v) is 2.94. The van der Waals surface area contributed by atoms with Gasteiger partial charge in [-0.25, -0.2) is 9.97 Å². The van der Waals surface area contributed by atoms with E-state index in [1.807, 2.05) is 0 Å². The van der Waals surface area contributed by atoms with E-state index in [1.165, 1.54) is 19.3 Å². The van der Waals surface area contributed by atoms with Crippen molar-refractivity contribution >= 4 is 17.3 Å². The topological polar surface area (TPSA) is 67.1 Å². The van der Waals surface area contributed by atoms with Crippen LogP contribution in [-0.4, -0.2) is 29.1 Å². The third-order valence-electron chi connectivity index (χ3n) is 4.25. The quantitative estimate of drug-likeness (QED) is 0.842. The summed E-state index contributed by atoms with van der Waals surface area (Å²) in [7, 11) is 0. The molecule has 1 fully saturated rings. The summed E-state index contributed by atoms with van der Waals surface area (Å²) in [5.74, 6) is 2.36. The minimum absolute atomic E-state index is 0.555. The van der Waals surface area contributed by atoms with E-state index in [0.29, 0.717) is 17.6 Å². The summed E-state index contributed by atoms with van der Waals surface area (Å²) in [6.45, 7) is 8.62. The molecule has 1 aliphatic heterocycles. The molecule has 1 aromatic heterocycles. The van der Waals surface area contributed by atoms with Crippen molar-refractivity contribution in [2.75, 3.05) is 29.0 Å². The minimum Gasteiger partial charge on any atom is -0.393 e. The number of aromatic nitrogens is 2. The fraction of sp³-hybridized carbons (Fsp3) is 0.750. The van der Waals surface area contributed by atoms with Crippen molar-refractivity contribution in [3.8, 4) is 0 Å². The van der Waals surface area contributed by atoms with Crippen molar-refractivity contribution in [1.29, 1.82) is 0 Å². The number of nitrogens with zero attached hydrogens (tertiary/aromatic N) is 3. The van der Waals surface area contributed by atoms with Gasteiger partial charge in [0.25, 0.3) is 0 Å². The summed E-state index contributed by atoms with van der Waals surface area (Å²) >= 11 is 0. The van der Waals surface area contributed by atoms with Gasteiger partial charge < -0.3 is 16.0 Å². The third kappa shape index (κ3) is 3.99. The number of hydrogen-bond donors (Lipinski definition) is 2. The highest BCUT2D eigenvalue weighted by Crippen LogP contribution is 2.31. The lowest BCUT2D eigenvalue weighted by Crippen LogP contribution is -2.40. The first-order valence-electron chi connectivity index (χ1n) is 8.24. The Morgan fingerprint density at radius 2 is 2.19 bits per heavy atom. The number of nitrogen functional groups attached to an aromatic ring is 1. The Morgan fingerprint density at radius 3 is 2.90 bits per heavy atom. The molecule has 21 heavy (non-hydrogen) atoms. The Labute approximate surface area is 128 Å². The van der Waals surface area contributed by atoms with Crippen LogP contribution in [0.2, 0.25) is 0 Å². The molecule has 5 heteroatoms. The van der Waals surface area contributed by atoms with Gasteiger partial charge in [0, 0.05) is 19.1 Å². The maximum Gasteiger partial charge on any atom is 0.157 e. The number of rotatable bonds is 6. The lowest BCUT2D eigenvalue weighted by Gasteiger charge is -2.36. The molecule has 0 aliphatic carbocycles. The van der Waals surface area contributed by atoms with Crippen LogP contribution in [0.1, 0.15) is 52.9 Å². The molecule has 0 amide bonds. The van der Waals surface area contributed by atoms with Crippen molar-refractivity contribution in [1.82, 2.24) is 9.97 Å². The second kappa shape index (κ2) is 7.48. The molecule has 0 spiro atoms. The predicted octanol–water partition coefficient (Wildman–Crippen LogP) is 3.29. The summed E-state index contributed by atoms with van der Waals surface area (Å²) in [5.41, 5.74) is 7.01. The molecule has 118 valence electrons. The smallest absolute Gasteiger partial charge is 0.157 e. The molecular weight excluding hydrogens is 262 g/mol. The number of anilines is 3. The summed E-state index contributed by atoms with van der Waals surface area (Å²) in [5, 5.41) is 3.35. The molecule has 1 saturated heterocycles. The van der Waals surface area contributed by atoms with Crippen LogP contribution >= 0.6 is 0 Å². The summed E-state index contributed by atoms with van der Waals surface area (Å²) in [4.78, 5) is 11.1. The third-order valence-corrected chi connectivity index (χ3v) is 4.25. The van der Waals surface area contributed by atoms with Crippen LogP contribution in [0, 0.1) is 5.92 Å². The van der Waals surface area contributed by atoms with E-state index in [2.05, 4.69) is 41.0 Å². The number of nitrogens with two attached hydrogens (primary N) is 1. The molecule has 1 aliphatic rings. The largest absolute Gasteiger partial charge is 0.393 e. The molecule has 5 nitrogen and oxygen atoms in total. The predicted molar refractivity (Wildman–Crippen MR) is 89.7 cm³/mol. The molecule has 2 heterocycles. The van der Waals surface area contributed by atoms with Crippen molar-refractivity contribution in [2.45, 2.75) is 58.9 Å². The summed E-state index contributed by atoms with van der Waals surface area (Å²) < 4.78 is 0. The van der Waals surface area contributed by atoms with Crippen LogP contribution in [0.5, 0.6) is 0 Å². The van der Waals surface area contributed by atoms with Gasteiger partial charge in [0.05, 0.1) is 0 Å². The van der Waals surface area contributed by atoms with Gasteiger partial charge in [-0.3, -0.25) is 0 Å². The maximum absolute atomic E-state index is 6.32. The zero-order valence-corrected chi connectivity index (χ0v) is 13.6. The van der Waals surface area contributed by atoms with E-state index in [4.69, 9.17) is 5.73 Å². The normalized spacial score (nSPS) is 19.0. The van der Waals surface area contributed by atoms with Crippen LogP contribution in [0.25, 0.3) is 0 Å². The van der Waals surface area contributed by atoms with Gasteiger partial charge in [0.2, 0.25) is 0 Å². The van der Waals surface area contributed by atoms with Crippen LogP contribution in [0.15, 0.2) is 6.33 Å². The van der Waals surface area contributed by atoms with Gasteiger partial charge in [0.1, 0.15) is 12.0 Å².